The minimum atomic E-state index is 0.236. The van der Waals surface area contributed by atoms with Crippen LogP contribution in [0.25, 0.3) is 23.3 Å². The van der Waals surface area contributed by atoms with Crippen LogP contribution in [0.5, 0.6) is 5.75 Å². The molecule has 0 spiro atoms. The van der Waals surface area contributed by atoms with Crippen LogP contribution in [0.2, 0.25) is 0 Å². The van der Waals surface area contributed by atoms with Gasteiger partial charge in [0.2, 0.25) is 0 Å². The van der Waals surface area contributed by atoms with E-state index in [2.05, 4.69) is 76.6 Å². The largest absolute Gasteiger partial charge is 0.466 e. The molecule has 0 aliphatic rings. The third-order valence-corrected chi connectivity index (χ3v) is 4.37. The molecule has 126 valence electrons. The molecule has 0 N–H and O–H groups in total. The Morgan fingerprint density at radius 2 is 1.52 bits per heavy atom. The molecule has 25 heavy (non-hydrogen) atoms. The van der Waals surface area contributed by atoms with E-state index in [0.29, 0.717) is 0 Å². The molecule has 0 radical (unpaired) electrons. The van der Waals surface area contributed by atoms with E-state index in [1.165, 1.54) is 11.1 Å². The van der Waals surface area contributed by atoms with E-state index in [0.717, 1.165) is 21.3 Å². The third-order valence-electron chi connectivity index (χ3n) is 3.75. The Bertz CT molecular complexity index is 857. The predicted octanol–water partition coefficient (Wildman–Crippen LogP) is 6.27. The molecule has 0 saturated heterocycles. The number of rotatable bonds is 6. The van der Waals surface area contributed by atoms with Crippen molar-refractivity contribution >= 4 is 28.1 Å². The number of ether oxygens (including phenoxy) is 2. The van der Waals surface area contributed by atoms with Crippen LogP contribution in [-0.2, 0) is 4.74 Å². The molecule has 0 bridgehead atoms. The molecule has 0 fully saturated rings. The van der Waals surface area contributed by atoms with Crippen LogP contribution in [0.1, 0.15) is 11.1 Å². The lowest BCUT2D eigenvalue weighted by Gasteiger charge is -2.07. The Morgan fingerprint density at radius 1 is 0.800 bits per heavy atom. The van der Waals surface area contributed by atoms with Gasteiger partial charge in [-0.3, -0.25) is 0 Å². The first-order valence-electron chi connectivity index (χ1n) is 8.01. The normalized spacial score (nSPS) is 11.0. The van der Waals surface area contributed by atoms with Crippen molar-refractivity contribution in [2.24, 2.45) is 0 Å². The minimum absolute atomic E-state index is 0.236. The molecule has 0 aliphatic heterocycles. The third kappa shape index (κ3) is 4.81. The SMILES string of the molecule is COCOc1ccc(C=Cc2cccc(-c3ccccc3)c2)cc1Br. The number of hydrogen-bond donors (Lipinski definition) is 0. The lowest BCUT2D eigenvalue weighted by molar-refractivity contribution is 0.0506. The molecule has 3 aromatic carbocycles. The highest BCUT2D eigenvalue weighted by atomic mass is 79.9. The van der Waals surface area contributed by atoms with Crippen LogP contribution in [0.4, 0.5) is 0 Å². The summed E-state index contributed by atoms with van der Waals surface area (Å²) in [4.78, 5) is 0. The van der Waals surface area contributed by atoms with Gasteiger partial charge in [-0.25, -0.2) is 0 Å². The fraction of sp³-hybridized carbons (Fsp3) is 0.0909. The average molecular weight is 395 g/mol. The van der Waals surface area contributed by atoms with Crippen molar-refractivity contribution in [2.45, 2.75) is 0 Å². The van der Waals surface area contributed by atoms with Gasteiger partial charge in [0.1, 0.15) is 5.75 Å². The number of methoxy groups -OCH3 is 1. The first-order valence-corrected chi connectivity index (χ1v) is 8.80. The zero-order chi connectivity index (χ0) is 17.5. The molecule has 0 aliphatic carbocycles. The molecule has 2 nitrogen and oxygen atoms in total. The van der Waals surface area contributed by atoms with Crippen molar-refractivity contribution < 1.29 is 9.47 Å². The molecule has 0 heterocycles. The van der Waals surface area contributed by atoms with E-state index in [1.54, 1.807) is 7.11 Å². The molecule has 0 unspecified atom stereocenters. The monoisotopic (exact) mass is 394 g/mol. The van der Waals surface area contributed by atoms with E-state index in [1.807, 2.05) is 24.3 Å². The molecule has 3 aromatic rings. The Kier molecular flexibility index (Phi) is 6.04. The quantitative estimate of drug-likeness (QED) is 0.362. The minimum Gasteiger partial charge on any atom is -0.466 e. The Balaban J connectivity index is 1.77. The summed E-state index contributed by atoms with van der Waals surface area (Å²) in [7, 11) is 1.61. The maximum atomic E-state index is 5.48. The summed E-state index contributed by atoms with van der Waals surface area (Å²) in [5.74, 6) is 0.769. The van der Waals surface area contributed by atoms with Gasteiger partial charge in [0.05, 0.1) is 4.47 Å². The molecule has 0 amide bonds. The zero-order valence-corrected chi connectivity index (χ0v) is 15.6. The number of benzene rings is 3. The van der Waals surface area contributed by atoms with Crippen molar-refractivity contribution in [2.75, 3.05) is 13.9 Å². The molecule has 0 aromatic heterocycles. The second-order valence-electron chi connectivity index (χ2n) is 5.57. The van der Waals surface area contributed by atoms with E-state index >= 15 is 0 Å². The van der Waals surface area contributed by atoms with E-state index < -0.39 is 0 Å². The summed E-state index contributed by atoms with van der Waals surface area (Å²) in [6, 6.07) is 24.9. The summed E-state index contributed by atoms with van der Waals surface area (Å²) >= 11 is 3.53. The van der Waals surface area contributed by atoms with E-state index in [-0.39, 0.29) is 6.79 Å². The van der Waals surface area contributed by atoms with Gasteiger partial charge in [0, 0.05) is 7.11 Å². The number of hydrogen-bond acceptors (Lipinski definition) is 2. The van der Waals surface area contributed by atoms with Gasteiger partial charge < -0.3 is 9.47 Å². The number of halogens is 1. The molecule has 0 saturated carbocycles. The lowest BCUT2D eigenvalue weighted by atomic mass is 10.0. The van der Waals surface area contributed by atoms with Crippen LogP contribution in [0.15, 0.2) is 77.3 Å². The fourth-order valence-electron chi connectivity index (χ4n) is 2.51. The first kappa shape index (κ1) is 17.5. The molecule has 3 rings (SSSR count). The molecular formula is C22H19BrO2. The Morgan fingerprint density at radius 3 is 2.24 bits per heavy atom. The summed E-state index contributed by atoms with van der Waals surface area (Å²) < 4.78 is 11.3. The fourth-order valence-corrected chi connectivity index (χ4v) is 3.02. The second-order valence-corrected chi connectivity index (χ2v) is 6.42. The topological polar surface area (TPSA) is 18.5 Å². The predicted molar refractivity (Wildman–Crippen MR) is 107 cm³/mol. The maximum Gasteiger partial charge on any atom is 0.188 e. The van der Waals surface area contributed by atoms with Crippen molar-refractivity contribution in [1.82, 2.24) is 0 Å². The van der Waals surface area contributed by atoms with Gasteiger partial charge in [-0.15, -0.1) is 0 Å². The highest BCUT2D eigenvalue weighted by Gasteiger charge is 2.01. The standard InChI is InChI=1S/C22H19BrO2/c1-24-16-25-22-13-12-18(15-21(22)23)11-10-17-6-5-9-20(14-17)19-7-3-2-4-8-19/h2-15H,16H2,1H3. The lowest BCUT2D eigenvalue weighted by Crippen LogP contribution is -1.99. The van der Waals surface area contributed by atoms with Gasteiger partial charge >= 0.3 is 0 Å². The Labute approximate surface area is 156 Å². The molecular weight excluding hydrogens is 376 g/mol. The van der Waals surface area contributed by atoms with Gasteiger partial charge in [0.15, 0.2) is 6.79 Å². The molecule has 0 atom stereocenters. The van der Waals surface area contributed by atoms with Gasteiger partial charge in [-0.1, -0.05) is 66.7 Å². The van der Waals surface area contributed by atoms with Gasteiger partial charge in [-0.05, 0) is 56.4 Å². The summed E-state index contributed by atoms with van der Waals surface area (Å²) in [6.45, 7) is 0.236. The van der Waals surface area contributed by atoms with Crippen LogP contribution in [0.3, 0.4) is 0 Å². The van der Waals surface area contributed by atoms with Gasteiger partial charge in [-0.2, -0.15) is 0 Å². The van der Waals surface area contributed by atoms with E-state index in [4.69, 9.17) is 9.47 Å². The summed E-state index contributed by atoms with van der Waals surface area (Å²) in [6.07, 6.45) is 4.21. The second kappa shape index (κ2) is 8.65. The highest BCUT2D eigenvalue weighted by molar-refractivity contribution is 9.10. The van der Waals surface area contributed by atoms with Crippen LogP contribution in [0, 0.1) is 0 Å². The van der Waals surface area contributed by atoms with Crippen LogP contribution >= 0.6 is 15.9 Å². The van der Waals surface area contributed by atoms with E-state index in [9.17, 15) is 0 Å². The average Bonchev–Trinajstić information content (AvgIpc) is 2.66. The smallest absolute Gasteiger partial charge is 0.188 e. The summed E-state index contributed by atoms with van der Waals surface area (Å²) in [5.41, 5.74) is 4.70. The van der Waals surface area contributed by atoms with Crippen molar-refractivity contribution in [3.8, 4) is 16.9 Å². The Hall–Kier alpha value is -2.36. The van der Waals surface area contributed by atoms with Crippen LogP contribution in [-0.4, -0.2) is 13.9 Å². The van der Waals surface area contributed by atoms with Crippen LogP contribution < -0.4 is 4.74 Å². The summed E-state index contributed by atoms with van der Waals surface area (Å²) in [5, 5.41) is 0. The van der Waals surface area contributed by atoms with Gasteiger partial charge in [0.25, 0.3) is 0 Å². The van der Waals surface area contributed by atoms with Crippen molar-refractivity contribution in [3.05, 3.63) is 88.4 Å². The molecule has 3 heteroatoms. The van der Waals surface area contributed by atoms with Crippen molar-refractivity contribution in [3.63, 3.8) is 0 Å². The van der Waals surface area contributed by atoms with Crippen molar-refractivity contribution in [1.29, 1.82) is 0 Å². The highest BCUT2D eigenvalue weighted by Crippen LogP contribution is 2.27. The maximum absolute atomic E-state index is 5.48. The zero-order valence-electron chi connectivity index (χ0n) is 14.0. The first-order chi connectivity index (χ1) is 12.3.